The third-order valence-electron chi connectivity index (χ3n) is 2.42. The average Bonchev–Trinajstić information content (AvgIpc) is 2.37. The Hall–Kier alpha value is -1.59. The topological polar surface area (TPSA) is 43.1 Å². The molecule has 94 valence electrons. The summed E-state index contributed by atoms with van der Waals surface area (Å²) in [6.07, 6.45) is 0. The normalized spacial score (nSPS) is 12.4. The first-order valence-corrected chi connectivity index (χ1v) is 6.42. The standard InChI is InChI=1S/C13H11F2NOS/c14-10-5-11(15)7-13(6-10)18(17)12-3-1-9(8-16)2-4-12/h1-7H,8,16H2/t18-/m0/s1. The number of rotatable bonds is 3. The maximum Gasteiger partial charge on any atom is 0.127 e. The molecule has 0 amide bonds. The van der Waals surface area contributed by atoms with E-state index in [-0.39, 0.29) is 4.90 Å². The summed E-state index contributed by atoms with van der Waals surface area (Å²) in [5.74, 6) is -1.48. The molecule has 0 saturated carbocycles. The second-order valence-electron chi connectivity index (χ2n) is 3.72. The number of nitrogens with two attached hydrogens (primary N) is 1. The highest BCUT2D eigenvalue weighted by atomic mass is 32.2. The molecule has 18 heavy (non-hydrogen) atoms. The van der Waals surface area contributed by atoms with Crippen molar-refractivity contribution in [2.24, 2.45) is 5.73 Å². The maximum atomic E-state index is 13.0. The molecule has 5 heteroatoms. The fourth-order valence-corrected chi connectivity index (χ4v) is 2.62. The van der Waals surface area contributed by atoms with Gasteiger partial charge in [-0.1, -0.05) is 12.1 Å². The maximum absolute atomic E-state index is 13.0. The summed E-state index contributed by atoms with van der Waals surface area (Å²) < 4.78 is 38.2. The Balaban J connectivity index is 2.34. The quantitative estimate of drug-likeness (QED) is 0.928. The minimum absolute atomic E-state index is 0.105. The van der Waals surface area contributed by atoms with Crippen LogP contribution in [0.15, 0.2) is 52.3 Å². The molecule has 2 aromatic rings. The average molecular weight is 267 g/mol. The molecule has 2 rings (SSSR count). The summed E-state index contributed by atoms with van der Waals surface area (Å²) in [5.41, 5.74) is 6.36. The molecule has 2 nitrogen and oxygen atoms in total. The van der Waals surface area contributed by atoms with Crippen molar-refractivity contribution in [3.05, 3.63) is 59.7 Å². The van der Waals surface area contributed by atoms with Crippen molar-refractivity contribution in [3.8, 4) is 0 Å². The van der Waals surface area contributed by atoms with Crippen LogP contribution in [0, 0.1) is 11.6 Å². The molecule has 0 aliphatic heterocycles. The molecule has 2 aromatic carbocycles. The van der Waals surface area contributed by atoms with Gasteiger partial charge in [0.1, 0.15) is 11.6 Å². The van der Waals surface area contributed by atoms with E-state index in [4.69, 9.17) is 5.73 Å². The van der Waals surface area contributed by atoms with Crippen LogP contribution in [0.2, 0.25) is 0 Å². The van der Waals surface area contributed by atoms with E-state index in [0.29, 0.717) is 11.4 Å². The highest BCUT2D eigenvalue weighted by molar-refractivity contribution is 7.85. The van der Waals surface area contributed by atoms with Gasteiger partial charge in [0.25, 0.3) is 0 Å². The molecule has 0 radical (unpaired) electrons. The predicted molar refractivity (Wildman–Crippen MR) is 65.4 cm³/mol. The van der Waals surface area contributed by atoms with Crippen molar-refractivity contribution in [3.63, 3.8) is 0 Å². The van der Waals surface area contributed by atoms with E-state index in [1.165, 1.54) is 0 Å². The van der Waals surface area contributed by atoms with Crippen LogP contribution in [-0.2, 0) is 17.3 Å². The SMILES string of the molecule is NCc1ccc([S@](=O)c2cc(F)cc(F)c2)cc1. The lowest BCUT2D eigenvalue weighted by atomic mass is 10.2. The Morgan fingerprint density at radius 3 is 2.00 bits per heavy atom. The largest absolute Gasteiger partial charge is 0.326 e. The first kappa shape index (κ1) is 12.9. The van der Waals surface area contributed by atoms with Gasteiger partial charge in [-0.3, -0.25) is 0 Å². The lowest BCUT2D eigenvalue weighted by Crippen LogP contribution is -1.98. The lowest BCUT2D eigenvalue weighted by molar-refractivity contribution is 0.576. The molecule has 2 N–H and O–H groups in total. The van der Waals surface area contributed by atoms with Crippen LogP contribution in [0.4, 0.5) is 8.78 Å². The van der Waals surface area contributed by atoms with Crippen molar-refractivity contribution in [2.45, 2.75) is 16.3 Å². The van der Waals surface area contributed by atoms with Crippen LogP contribution < -0.4 is 5.73 Å². The zero-order chi connectivity index (χ0) is 13.1. The lowest BCUT2D eigenvalue weighted by Gasteiger charge is -2.04. The molecule has 0 unspecified atom stereocenters. The Morgan fingerprint density at radius 2 is 1.50 bits per heavy atom. The third-order valence-corrected chi connectivity index (χ3v) is 3.79. The number of hydrogen-bond acceptors (Lipinski definition) is 2. The van der Waals surface area contributed by atoms with Crippen molar-refractivity contribution in [2.75, 3.05) is 0 Å². The highest BCUT2D eigenvalue weighted by Gasteiger charge is 2.10. The van der Waals surface area contributed by atoms with Crippen molar-refractivity contribution in [1.29, 1.82) is 0 Å². The zero-order valence-corrected chi connectivity index (χ0v) is 10.2. The van der Waals surface area contributed by atoms with E-state index in [9.17, 15) is 13.0 Å². The van der Waals surface area contributed by atoms with Gasteiger partial charge in [0.05, 0.1) is 10.8 Å². The molecule has 0 saturated heterocycles. The van der Waals surface area contributed by atoms with Gasteiger partial charge in [-0.05, 0) is 29.8 Å². The van der Waals surface area contributed by atoms with E-state index < -0.39 is 22.4 Å². The van der Waals surface area contributed by atoms with Gasteiger partial charge in [0.2, 0.25) is 0 Å². The second-order valence-corrected chi connectivity index (χ2v) is 5.20. The summed E-state index contributed by atoms with van der Waals surface area (Å²) in [6.45, 7) is 0.390. The first-order chi connectivity index (χ1) is 8.60. The van der Waals surface area contributed by atoms with E-state index >= 15 is 0 Å². The second kappa shape index (κ2) is 5.37. The molecule has 0 fully saturated rings. The van der Waals surface area contributed by atoms with Gasteiger partial charge >= 0.3 is 0 Å². The summed E-state index contributed by atoms with van der Waals surface area (Å²) >= 11 is 0. The Morgan fingerprint density at radius 1 is 0.944 bits per heavy atom. The molecular formula is C13H11F2NOS. The number of benzene rings is 2. The summed E-state index contributed by atoms with van der Waals surface area (Å²) in [5, 5.41) is 0. The van der Waals surface area contributed by atoms with Gasteiger partial charge in [-0.15, -0.1) is 0 Å². The predicted octanol–water partition coefficient (Wildman–Crippen LogP) is 2.59. The summed E-state index contributed by atoms with van der Waals surface area (Å²) in [7, 11) is -1.60. The van der Waals surface area contributed by atoms with Gasteiger partial charge in [0, 0.05) is 22.4 Å². The number of halogens is 2. The van der Waals surface area contributed by atoms with Crippen molar-refractivity contribution >= 4 is 10.8 Å². The van der Waals surface area contributed by atoms with Gasteiger partial charge in [0.15, 0.2) is 0 Å². The first-order valence-electron chi connectivity index (χ1n) is 5.27. The van der Waals surface area contributed by atoms with E-state index in [2.05, 4.69) is 0 Å². The van der Waals surface area contributed by atoms with Crippen LogP contribution >= 0.6 is 0 Å². The summed E-state index contributed by atoms with van der Waals surface area (Å²) in [6, 6.07) is 9.64. The molecule has 0 aliphatic carbocycles. The smallest absolute Gasteiger partial charge is 0.127 e. The highest BCUT2D eigenvalue weighted by Crippen LogP contribution is 2.19. The Kier molecular flexibility index (Phi) is 3.84. The van der Waals surface area contributed by atoms with E-state index in [0.717, 1.165) is 23.8 Å². The minimum Gasteiger partial charge on any atom is -0.326 e. The Bertz CT molecular complexity index is 564. The fourth-order valence-electron chi connectivity index (χ4n) is 1.52. The summed E-state index contributed by atoms with van der Waals surface area (Å²) in [4.78, 5) is 0.588. The van der Waals surface area contributed by atoms with Crippen molar-refractivity contribution < 1.29 is 13.0 Å². The molecule has 0 aromatic heterocycles. The zero-order valence-electron chi connectivity index (χ0n) is 9.40. The third kappa shape index (κ3) is 2.80. The van der Waals surface area contributed by atoms with Crippen LogP contribution in [-0.4, -0.2) is 4.21 Å². The van der Waals surface area contributed by atoms with Crippen LogP contribution in [0.5, 0.6) is 0 Å². The number of hydrogen-bond donors (Lipinski definition) is 1. The monoisotopic (exact) mass is 267 g/mol. The van der Waals surface area contributed by atoms with Crippen LogP contribution in [0.1, 0.15) is 5.56 Å². The van der Waals surface area contributed by atoms with Gasteiger partial charge < -0.3 is 5.73 Å². The molecule has 1 atom stereocenters. The van der Waals surface area contributed by atoms with Gasteiger partial charge in [-0.25, -0.2) is 13.0 Å². The van der Waals surface area contributed by atoms with Crippen LogP contribution in [0.25, 0.3) is 0 Å². The molecule has 0 aliphatic rings. The van der Waals surface area contributed by atoms with Crippen molar-refractivity contribution in [1.82, 2.24) is 0 Å². The minimum atomic E-state index is -1.60. The Labute approximate surface area is 106 Å². The van der Waals surface area contributed by atoms with E-state index in [1.807, 2.05) is 0 Å². The fraction of sp³-hybridized carbons (Fsp3) is 0.0769. The van der Waals surface area contributed by atoms with Gasteiger partial charge in [-0.2, -0.15) is 0 Å². The molecular weight excluding hydrogens is 256 g/mol. The molecule has 0 heterocycles. The molecule has 0 bridgehead atoms. The van der Waals surface area contributed by atoms with Crippen LogP contribution in [0.3, 0.4) is 0 Å². The van der Waals surface area contributed by atoms with E-state index in [1.54, 1.807) is 24.3 Å². The molecule has 0 spiro atoms.